The van der Waals surface area contributed by atoms with Gasteiger partial charge in [0.25, 0.3) is 0 Å². The first kappa shape index (κ1) is 11.1. The van der Waals surface area contributed by atoms with E-state index in [2.05, 4.69) is 6.92 Å². The fourth-order valence-electron chi connectivity index (χ4n) is 2.03. The molecule has 1 aliphatic rings. The molecule has 0 heterocycles. The number of aldehydes is 1. The summed E-state index contributed by atoms with van der Waals surface area (Å²) in [5.74, 6) is -0.287. The summed E-state index contributed by atoms with van der Waals surface area (Å²) in [6.45, 7) is 2.88. The molecule has 3 heteroatoms. The molecule has 0 aliphatic heterocycles. The van der Waals surface area contributed by atoms with Gasteiger partial charge >= 0.3 is 0 Å². The zero-order valence-electron chi connectivity index (χ0n) is 9.45. The lowest BCUT2D eigenvalue weighted by molar-refractivity contribution is 0.112. The normalized spacial score (nSPS) is 14.9. The first-order valence-electron chi connectivity index (χ1n) is 5.78. The van der Waals surface area contributed by atoms with Gasteiger partial charge in [0.05, 0.1) is 5.69 Å². The van der Waals surface area contributed by atoms with Gasteiger partial charge in [-0.1, -0.05) is 13.0 Å². The molecule has 1 saturated carbocycles. The molecule has 0 N–H and O–H groups in total. The van der Waals surface area contributed by atoms with Crippen LogP contribution in [-0.2, 0) is 0 Å². The molecule has 86 valence electrons. The summed E-state index contributed by atoms with van der Waals surface area (Å²) in [6.07, 6.45) is 3.91. The molecule has 1 aliphatic carbocycles. The van der Waals surface area contributed by atoms with Gasteiger partial charge in [-0.05, 0) is 31.4 Å². The number of carbonyl (C=O) groups excluding carboxylic acids is 1. The molecule has 2 nitrogen and oxygen atoms in total. The van der Waals surface area contributed by atoms with Gasteiger partial charge < -0.3 is 4.90 Å². The molecule has 0 amide bonds. The number of carbonyl (C=O) groups is 1. The largest absolute Gasteiger partial charge is 0.366 e. The lowest BCUT2D eigenvalue weighted by Crippen LogP contribution is -2.28. The van der Waals surface area contributed by atoms with Crippen LogP contribution in [0.5, 0.6) is 0 Å². The van der Waals surface area contributed by atoms with Crippen LogP contribution < -0.4 is 4.90 Å². The highest BCUT2D eigenvalue weighted by molar-refractivity contribution is 5.85. The average Bonchev–Trinajstić information content (AvgIpc) is 3.10. The number of nitrogens with zero attached hydrogens (tertiary/aromatic N) is 1. The predicted molar refractivity (Wildman–Crippen MR) is 62.4 cm³/mol. The SMILES string of the molecule is CCCN(c1c(F)cccc1C=O)C1CC1. The highest BCUT2D eigenvalue weighted by atomic mass is 19.1. The van der Waals surface area contributed by atoms with E-state index >= 15 is 0 Å². The number of hydrogen-bond acceptors (Lipinski definition) is 2. The van der Waals surface area contributed by atoms with Gasteiger partial charge in [0.15, 0.2) is 6.29 Å². The van der Waals surface area contributed by atoms with Gasteiger partial charge in [-0.25, -0.2) is 4.39 Å². The summed E-state index contributed by atoms with van der Waals surface area (Å²) in [7, 11) is 0. The van der Waals surface area contributed by atoms with Crippen molar-refractivity contribution in [2.75, 3.05) is 11.4 Å². The van der Waals surface area contributed by atoms with Crippen LogP contribution in [0.2, 0.25) is 0 Å². The second-order valence-corrected chi connectivity index (χ2v) is 4.22. The third-order valence-electron chi connectivity index (χ3n) is 2.88. The van der Waals surface area contributed by atoms with E-state index in [0.717, 1.165) is 32.1 Å². The second kappa shape index (κ2) is 4.64. The van der Waals surface area contributed by atoms with Crippen molar-refractivity contribution in [3.05, 3.63) is 29.6 Å². The van der Waals surface area contributed by atoms with Gasteiger partial charge in [-0.3, -0.25) is 4.79 Å². The number of hydrogen-bond donors (Lipinski definition) is 0. The monoisotopic (exact) mass is 221 g/mol. The molecule has 2 rings (SSSR count). The smallest absolute Gasteiger partial charge is 0.152 e. The topological polar surface area (TPSA) is 20.3 Å². The highest BCUT2D eigenvalue weighted by Crippen LogP contribution is 2.34. The lowest BCUT2D eigenvalue weighted by Gasteiger charge is -2.25. The molecule has 0 atom stereocenters. The number of halogens is 1. The number of rotatable bonds is 5. The van der Waals surface area contributed by atoms with Crippen LogP contribution in [0.3, 0.4) is 0 Å². The van der Waals surface area contributed by atoms with Gasteiger partial charge in [-0.15, -0.1) is 0 Å². The Morgan fingerprint density at radius 2 is 2.25 bits per heavy atom. The number of anilines is 1. The van der Waals surface area contributed by atoms with Gasteiger partial charge in [-0.2, -0.15) is 0 Å². The van der Waals surface area contributed by atoms with Crippen molar-refractivity contribution in [2.24, 2.45) is 0 Å². The minimum atomic E-state index is -0.287. The van der Waals surface area contributed by atoms with E-state index in [1.165, 1.54) is 6.07 Å². The molecule has 16 heavy (non-hydrogen) atoms. The Bertz CT molecular complexity index is 388. The summed E-state index contributed by atoms with van der Waals surface area (Å²) in [5, 5.41) is 0. The van der Waals surface area contributed by atoms with E-state index < -0.39 is 0 Å². The maximum Gasteiger partial charge on any atom is 0.152 e. The van der Waals surface area contributed by atoms with E-state index in [-0.39, 0.29) is 5.82 Å². The fourth-order valence-corrected chi connectivity index (χ4v) is 2.03. The van der Waals surface area contributed by atoms with Crippen LogP contribution in [0.1, 0.15) is 36.5 Å². The summed E-state index contributed by atoms with van der Waals surface area (Å²) in [4.78, 5) is 13.0. The molecule has 1 aromatic carbocycles. The van der Waals surface area contributed by atoms with Crippen molar-refractivity contribution < 1.29 is 9.18 Å². The molecule has 1 aromatic rings. The van der Waals surface area contributed by atoms with Gasteiger partial charge in [0.1, 0.15) is 5.82 Å². The van der Waals surface area contributed by atoms with Crippen LogP contribution in [0.25, 0.3) is 0 Å². The van der Waals surface area contributed by atoms with Crippen LogP contribution in [0.15, 0.2) is 18.2 Å². The van der Waals surface area contributed by atoms with Crippen LogP contribution >= 0.6 is 0 Å². The highest BCUT2D eigenvalue weighted by Gasteiger charge is 2.31. The van der Waals surface area contributed by atoms with Crippen molar-refractivity contribution >= 4 is 12.0 Å². The Morgan fingerprint density at radius 1 is 1.50 bits per heavy atom. The number of para-hydroxylation sites is 1. The maximum absolute atomic E-state index is 13.8. The van der Waals surface area contributed by atoms with E-state index in [9.17, 15) is 9.18 Å². The van der Waals surface area contributed by atoms with E-state index in [4.69, 9.17) is 0 Å². The van der Waals surface area contributed by atoms with Crippen molar-refractivity contribution in [3.8, 4) is 0 Å². The van der Waals surface area contributed by atoms with Crippen molar-refractivity contribution in [1.29, 1.82) is 0 Å². The third-order valence-corrected chi connectivity index (χ3v) is 2.88. The number of benzene rings is 1. The zero-order valence-corrected chi connectivity index (χ0v) is 9.45. The molecule has 0 aromatic heterocycles. The Labute approximate surface area is 95.1 Å². The first-order chi connectivity index (χ1) is 7.77. The molecule has 0 radical (unpaired) electrons. The van der Waals surface area contributed by atoms with Crippen LogP contribution in [0, 0.1) is 5.82 Å². The van der Waals surface area contributed by atoms with Crippen molar-refractivity contribution in [1.82, 2.24) is 0 Å². The Balaban J connectivity index is 2.38. The van der Waals surface area contributed by atoms with Crippen LogP contribution in [-0.4, -0.2) is 18.9 Å². The first-order valence-corrected chi connectivity index (χ1v) is 5.78. The molecule has 1 fully saturated rings. The quantitative estimate of drug-likeness (QED) is 0.712. The summed E-state index contributed by atoms with van der Waals surface area (Å²) in [5.41, 5.74) is 0.946. The Morgan fingerprint density at radius 3 is 2.81 bits per heavy atom. The van der Waals surface area contributed by atoms with E-state index in [1.807, 2.05) is 4.90 Å². The average molecular weight is 221 g/mol. The van der Waals surface area contributed by atoms with Crippen LogP contribution in [0.4, 0.5) is 10.1 Å². The van der Waals surface area contributed by atoms with Gasteiger partial charge in [0.2, 0.25) is 0 Å². The summed E-state index contributed by atoms with van der Waals surface area (Å²) >= 11 is 0. The molecule has 0 unspecified atom stereocenters. The Kier molecular flexibility index (Phi) is 3.22. The van der Waals surface area contributed by atoms with E-state index in [0.29, 0.717) is 17.3 Å². The predicted octanol–water partition coefficient (Wildman–Crippen LogP) is 3.02. The fraction of sp³-hybridized carbons (Fsp3) is 0.462. The third kappa shape index (κ3) is 2.08. The van der Waals surface area contributed by atoms with Gasteiger partial charge in [0, 0.05) is 18.2 Å². The molecule has 0 bridgehead atoms. The Hall–Kier alpha value is -1.38. The second-order valence-electron chi connectivity index (χ2n) is 4.22. The molecular weight excluding hydrogens is 205 g/mol. The maximum atomic E-state index is 13.8. The van der Waals surface area contributed by atoms with E-state index in [1.54, 1.807) is 12.1 Å². The molecule has 0 spiro atoms. The van der Waals surface area contributed by atoms with Crippen molar-refractivity contribution in [2.45, 2.75) is 32.2 Å². The molecular formula is C13H16FNO. The zero-order chi connectivity index (χ0) is 11.5. The summed E-state index contributed by atoms with van der Waals surface area (Å²) < 4.78 is 13.8. The minimum absolute atomic E-state index is 0.287. The lowest BCUT2D eigenvalue weighted by atomic mass is 10.1. The minimum Gasteiger partial charge on any atom is -0.366 e. The van der Waals surface area contributed by atoms with Crippen molar-refractivity contribution in [3.63, 3.8) is 0 Å². The standard InChI is InChI=1S/C13H16FNO/c1-2-8-15(11-6-7-11)13-10(9-16)4-3-5-12(13)14/h3-5,9,11H,2,6-8H2,1H3. The molecule has 0 saturated heterocycles. The summed E-state index contributed by atoms with van der Waals surface area (Å²) in [6, 6.07) is 5.11.